The van der Waals surface area contributed by atoms with E-state index in [2.05, 4.69) is 31.1 Å². The second-order valence-corrected chi connectivity index (χ2v) is 8.06. The first-order valence-corrected chi connectivity index (χ1v) is 11.3. The lowest BCUT2D eigenvalue weighted by Gasteiger charge is -2.10. The van der Waals surface area contributed by atoms with E-state index in [0.717, 1.165) is 16.3 Å². The van der Waals surface area contributed by atoms with Gasteiger partial charge in [0.2, 0.25) is 0 Å². The van der Waals surface area contributed by atoms with Gasteiger partial charge in [0.15, 0.2) is 18.3 Å². The van der Waals surface area contributed by atoms with Crippen LogP contribution in [-0.2, 0) is 17.1 Å². The van der Waals surface area contributed by atoms with Gasteiger partial charge in [-0.05, 0) is 57.3 Å². The molecule has 0 N–H and O–H groups in total. The highest BCUT2D eigenvalue weighted by atomic mass is 32.2. The highest BCUT2D eigenvalue weighted by Crippen LogP contribution is 2.27. The Hall–Kier alpha value is -4.38. The summed E-state index contributed by atoms with van der Waals surface area (Å²) in [4.78, 5) is 13.7. The number of carbonyl (C=O) groups excluding carboxylic acids is 1. The average Bonchev–Trinajstić information content (AvgIpc) is 3.57. The highest BCUT2D eigenvalue weighted by molar-refractivity contribution is 7.98. The van der Waals surface area contributed by atoms with E-state index in [-0.39, 0.29) is 6.61 Å². The number of ether oxygens (including phenoxy) is 1. The number of carbonyl (C=O) groups is 1. The summed E-state index contributed by atoms with van der Waals surface area (Å²) in [7, 11) is 0. The maximum absolute atomic E-state index is 12.9. The molecule has 0 atom stereocenters. The fourth-order valence-corrected chi connectivity index (χ4v) is 4.19. The van der Waals surface area contributed by atoms with Gasteiger partial charge in [0.1, 0.15) is 0 Å². The van der Waals surface area contributed by atoms with Crippen LogP contribution in [0.4, 0.5) is 0 Å². The van der Waals surface area contributed by atoms with Gasteiger partial charge >= 0.3 is 5.97 Å². The zero-order valence-corrected chi connectivity index (χ0v) is 18.6. The normalized spacial score (nSPS) is 10.8. The van der Waals surface area contributed by atoms with Crippen LogP contribution in [-0.4, -0.2) is 46.4 Å². The van der Waals surface area contributed by atoms with Crippen LogP contribution in [0.3, 0.4) is 0 Å². The first kappa shape index (κ1) is 21.5. The third kappa shape index (κ3) is 4.69. The molecule has 34 heavy (non-hydrogen) atoms. The summed E-state index contributed by atoms with van der Waals surface area (Å²) >= 11 is 1.46. The first-order valence-electron chi connectivity index (χ1n) is 10.3. The predicted octanol–water partition coefficient (Wildman–Crippen LogP) is 3.29. The van der Waals surface area contributed by atoms with Gasteiger partial charge < -0.3 is 4.74 Å². The first-order chi connectivity index (χ1) is 16.8. The Morgan fingerprint density at radius 2 is 1.29 bits per heavy atom. The Bertz CT molecular complexity index is 1390. The van der Waals surface area contributed by atoms with Gasteiger partial charge in [0.25, 0.3) is 0 Å². The summed E-state index contributed by atoms with van der Waals surface area (Å²) in [6.45, 7) is -0.0635. The lowest BCUT2D eigenvalue weighted by molar-refractivity contribution is 0.0455. The molecule has 0 radical (unpaired) electrons. The van der Waals surface area contributed by atoms with Crippen molar-refractivity contribution in [1.29, 1.82) is 0 Å². The third-order valence-corrected chi connectivity index (χ3v) is 5.94. The molecular weight excluding hydrogens is 452 g/mol. The van der Waals surface area contributed by atoms with E-state index in [0.29, 0.717) is 23.0 Å². The van der Waals surface area contributed by atoms with Crippen LogP contribution in [0.1, 0.15) is 22.0 Å². The molecule has 0 bridgehead atoms. The molecule has 5 aromatic rings. The molecule has 2 aromatic heterocycles. The number of rotatable bonds is 8. The molecule has 10 nitrogen and oxygen atoms in total. The number of benzene rings is 3. The summed E-state index contributed by atoms with van der Waals surface area (Å²) in [5.41, 5.74) is 2.10. The van der Waals surface area contributed by atoms with Crippen LogP contribution in [0.15, 0.2) is 89.8 Å². The van der Waals surface area contributed by atoms with Gasteiger partial charge in [0, 0.05) is 4.90 Å². The maximum atomic E-state index is 12.9. The minimum Gasteiger partial charge on any atom is -0.454 e. The van der Waals surface area contributed by atoms with Crippen molar-refractivity contribution >= 4 is 17.7 Å². The molecule has 3 aromatic carbocycles. The van der Waals surface area contributed by atoms with Crippen molar-refractivity contribution in [3.63, 3.8) is 0 Å². The highest BCUT2D eigenvalue weighted by Gasteiger charge is 2.17. The topological polar surface area (TPSA) is 114 Å². The monoisotopic (exact) mass is 470 g/mol. The molecule has 0 saturated heterocycles. The van der Waals surface area contributed by atoms with Crippen LogP contribution >= 0.6 is 11.8 Å². The number of hydrogen-bond acceptors (Lipinski definition) is 9. The van der Waals surface area contributed by atoms with Gasteiger partial charge in [-0.3, -0.25) is 0 Å². The smallest absolute Gasteiger partial charge is 0.339 e. The fraction of sp³-hybridized carbons (Fsp3) is 0.0870. The molecule has 11 heteroatoms. The number of nitrogens with zero attached hydrogens (tertiary/aromatic N) is 8. The van der Waals surface area contributed by atoms with E-state index in [4.69, 9.17) is 4.74 Å². The fourth-order valence-electron chi connectivity index (χ4n) is 3.24. The Kier molecular flexibility index (Phi) is 6.34. The summed E-state index contributed by atoms with van der Waals surface area (Å²) < 4.78 is 8.76. The van der Waals surface area contributed by atoms with E-state index in [1.54, 1.807) is 16.8 Å². The summed E-state index contributed by atoms with van der Waals surface area (Å²) in [5, 5.41) is 23.7. The molecular formula is C23H18N8O2S. The average molecular weight is 471 g/mol. The number of esters is 1. The quantitative estimate of drug-likeness (QED) is 0.249. The Morgan fingerprint density at radius 3 is 1.97 bits per heavy atom. The van der Waals surface area contributed by atoms with Crippen LogP contribution < -0.4 is 0 Å². The van der Waals surface area contributed by atoms with Crippen molar-refractivity contribution in [2.24, 2.45) is 0 Å². The second-order valence-electron chi connectivity index (χ2n) is 7.05. The molecule has 0 aliphatic heterocycles. The molecule has 0 aliphatic rings. The molecule has 0 unspecified atom stereocenters. The standard InChI is InChI=1S/C23H18N8O2S/c32-23(33-15-21-24-26-28-30(21)17-9-3-1-4-10-17)19-13-7-8-14-20(19)34-16-22-25-27-29-31(22)18-11-5-2-6-12-18/h1-14H,15-16H2. The van der Waals surface area contributed by atoms with Gasteiger partial charge in [0.05, 0.1) is 22.7 Å². The minimum atomic E-state index is -0.464. The van der Waals surface area contributed by atoms with Crippen molar-refractivity contribution in [2.45, 2.75) is 17.3 Å². The minimum absolute atomic E-state index is 0.0635. The van der Waals surface area contributed by atoms with Gasteiger partial charge in [-0.1, -0.05) is 48.5 Å². The third-order valence-electron chi connectivity index (χ3n) is 4.87. The number of tetrazole rings is 2. The molecule has 5 rings (SSSR count). The molecule has 168 valence electrons. The molecule has 0 fully saturated rings. The van der Waals surface area contributed by atoms with E-state index >= 15 is 0 Å². The molecule has 0 aliphatic carbocycles. The summed E-state index contributed by atoms with van der Waals surface area (Å²) in [6.07, 6.45) is 0. The molecule has 0 spiro atoms. The van der Waals surface area contributed by atoms with Gasteiger partial charge in [-0.2, -0.15) is 9.36 Å². The maximum Gasteiger partial charge on any atom is 0.339 e. The van der Waals surface area contributed by atoms with Crippen LogP contribution in [0.25, 0.3) is 11.4 Å². The Balaban J connectivity index is 1.28. The lowest BCUT2D eigenvalue weighted by Crippen LogP contribution is -2.11. The second kappa shape index (κ2) is 10.0. The number of para-hydroxylation sites is 2. The Morgan fingerprint density at radius 1 is 0.735 bits per heavy atom. The van der Waals surface area contributed by atoms with Gasteiger partial charge in [-0.15, -0.1) is 22.0 Å². The zero-order chi connectivity index (χ0) is 23.2. The van der Waals surface area contributed by atoms with Crippen molar-refractivity contribution in [3.8, 4) is 11.4 Å². The largest absolute Gasteiger partial charge is 0.454 e. The van der Waals surface area contributed by atoms with Crippen molar-refractivity contribution in [2.75, 3.05) is 0 Å². The van der Waals surface area contributed by atoms with E-state index < -0.39 is 5.97 Å². The Labute approximate surface area is 198 Å². The molecule has 0 saturated carbocycles. The number of thioether (sulfide) groups is 1. The van der Waals surface area contributed by atoms with Crippen molar-refractivity contribution in [3.05, 3.63) is 102 Å². The van der Waals surface area contributed by atoms with E-state index in [9.17, 15) is 4.79 Å². The lowest BCUT2D eigenvalue weighted by atomic mass is 10.2. The molecule has 0 amide bonds. The van der Waals surface area contributed by atoms with E-state index in [1.165, 1.54) is 16.4 Å². The summed E-state index contributed by atoms with van der Waals surface area (Å²) in [5.74, 6) is 1.10. The van der Waals surface area contributed by atoms with Crippen LogP contribution in [0, 0.1) is 0 Å². The number of aromatic nitrogens is 8. The predicted molar refractivity (Wildman–Crippen MR) is 123 cm³/mol. The zero-order valence-electron chi connectivity index (χ0n) is 17.8. The number of hydrogen-bond donors (Lipinski definition) is 0. The SMILES string of the molecule is O=C(OCc1nnnn1-c1ccccc1)c1ccccc1SCc1nnnn1-c1ccccc1. The summed E-state index contributed by atoms with van der Waals surface area (Å²) in [6, 6.07) is 26.3. The molecule has 2 heterocycles. The van der Waals surface area contributed by atoms with Crippen LogP contribution in [0.5, 0.6) is 0 Å². The van der Waals surface area contributed by atoms with Crippen LogP contribution in [0.2, 0.25) is 0 Å². The van der Waals surface area contributed by atoms with Gasteiger partial charge in [-0.25, -0.2) is 4.79 Å². The van der Waals surface area contributed by atoms with E-state index in [1.807, 2.05) is 72.8 Å². The van der Waals surface area contributed by atoms with Crippen molar-refractivity contribution < 1.29 is 9.53 Å². The van der Waals surface area contributed by atoms with Crippen molar-refractivity contribution in [1.82, 2.24) is 40.4 Å².